The summed E-state index contributed by atoms with van der Waals surface area (Å²) < 4.78 is 6.93. The smallest absolute Gasteiger partial charge is 0.161 e. The van der Waals surface area contributed by atoms with E-state index in [0.717, 1.165) is 50.6 Å². The number of hydrogen-bond donors (Lipinski definition) is 0. The Hall–Kier alpha value is -6.59. The minimum Gasteiger partial charge on any atom is -0.452 e. The van der Waals surface area contributed by atoms with Crippen LogP contribution in [0.25, 0.3) is 21.9 Å². The Bertz CT molecular complexity index is 2520. The Balaban J connectivity index is 1.38. The predicted octanol–water partition coefficient (Wildman–Crippen LogP) is 12.6. The molecule has 0 saturated carbocycles. The third-order valence-corrected chi connectivity index (χ3v) is 9.72. The van der Waals surface area contributed by atoms with Gasteiger partial charge in [0.2, 0.25) is 0 Å². The van der Waals surface area contributed by atoms with E-state index in [1.54, 1.807) is 0 Å². The molecule has 5 heteroatoms. The fraction of sp³-hybridized carbons (Fsp3) is 0.104. The van der Waals surface area contributed by atoms with Crippen molar-refractivity contribution >= 4 is 46.2 Å². The lowest BCUT2D eigenvalue weighted by Gasteiger charge is -2.37. The predicted molar refractivity (Wildman–Crippen MR) is 222 cm³/mol. The standard InChI is InChI=1S/C48H40N4O/c1-32(2)43-44(38-25-12-11-18-33(38)3)39-26-13-14-27-40(39)46-45(43)52(41-28-15-16-29-42(41)53-46)37-24-17-23-36(30-37)48(50-31-34-19-7-5-8-20-34)51-47(49-4)35-21-9-6-10-22-35/h5-30,32H,4,31H2,1-3H3. The molecule has 0 unspecified atom stereocenters. The highest BCUT2D eigenvalue weighted by Gasteiger charge is 2.34. The van der Waals surface area contributed by atoms with Crippen molar-refractivity contribution in [1.29, 1.82) is 0 Å². The van der Waals surface area contributed by atoms with Gasteiger partial charge in [0.15, 0.2) is 23.2 Å². The van der Waals surface area contributed by atoms with Crippen LogP contribution in [0.2, 0.25) is 0 Å². The maximum absolute atomic E-state index is 6.93. The van der Waals surface area contributed by atoms with Gasteiger partial charge in [0.05, 0.1) is 17.9 Å². The number of anilines is 3. The summed E-state index contributed by atoms with van der Waals surface area (Å²) in [7, 11) is 0. The van der Waals surface area contributed by atoms with Crippen LogP contribution in [0.5, 0.6) is 11.5 Å². The van der Waals surface area contributed by atoms with Gasteiger partial charge < -0.3 is 9.64 Å². The molecule has 7 aromatic rings. The van der Waals surface area contributed by atoms with E-state index in [0.29, 0.717) is 18.2 Å². The lowest BCUT2D eigenvalue weighted by atomic mass is 9.83. The summed E-state index contributed by atoms with van der Waals surface area (Å²) in [6.07, 6.45) is 0. The average molecular weight is 689 g/mol. The number of fused-ring (bicyclic) bond motifs is 4. The highest BCUT2D eigenvalue weighted by atomic mass is 16.5. The van der Waals surface area contributed by atoms with Crippen molar-refractivity contribution in [2.24, 2.45) is 15.0 Å². The number of benzene rings is 7. The summed E-state index contributed by atoms with van der Waals surface area (Å²) in [5, 5.41) is 2.24. The maximum Gasteiger partial charge on any atom is 0.161 e. The van der Waals surface area contributed by atoms with Crippen LogP contribution in [0.3, 0.4) is 0 Å². The van der Waals surface area contributed by atoms with Crippen LogP contribution >= 0.6 is 0 Å². The van der Waals surface area contributed by atoms with Crippen molar-refractivity contribution in [2.75, 3.05) is 4.90 Å². The van der Waals surface area contributed by atoms with E-state index in [2.05, 4.69) is 134 Å². The van der Waals surface area contributed by atoms with Crippen LogP contribution in [-0.2, 0) is 6.54 Å². The van der Waals surface area contributed by atoms with Crippen LogP contribution in [0, 0.1) is 6.92 Å². The second-order valence-corrected chi connectivity index (χ2v) is 13.5. The Morgan fingerprint density at radius 3 is 2.09 bits per heavy atom. The van der Waals surface area contributed by atoms with Crippen molar-refractivity contribution in [3.05, 3.63) is 186 Å². The van der Waals surface area contributed by atoms with E-state index in [1.165, 1.54) is 27.6 Å². The van der Waals surface area contributed by atoms with Crippen LogP contribution < -0.4 is 9.64 Å². The van der Waals surface area contributed by atoms with Crippen molar-refractivity contribution in [3.63, 3.8) is 0 Å². The molecular weight excluding hydrogens is 649 g/mol. The zero-order valence-electron chi connectivity index (χ0n) is 30.2. The Kier molecular flexibility index (Phi) is 9.22. The zero-order valence-corrected chi connectivity index (χ0v) is 30.2. The van der Waals surface area contributed by atoms with E-state index < -0.39 is 0 Å². The molecule has 0 radical (unpaired) electrons. The quantitative estimate of drug-likeness (QED) is 0.124. The maximum atomic E-state index is 6.93. The molecule has 1 aliphatic heterocycles. The van der Waals surface area contributed by atoms with E-state index in [4.69, 9.17) is 14.7 Å². The highest BCUT2D eigenvalue weighted by molar-refractivity contribution is 6.14. The van der Waals surface area contributed by atoms with Gasteiger partial charge in [-0.25, -0.2) is 9.98 Å². The molecule has 0 spiro atoms. The zero-order chi connectivity index (χ0) is 36.3. The molecule has 0 atom stereocenters. The number of ether oxygens (including phenoxy) is 1. The molecule has 53 heavy (non-hydrogen) atoms. The van der Waals surface area contributed by atoms with Crippen molar-refractivity contribution in [2.45, 2.75) is 33.2 Å². The molecule has 1 aliphatic rings. The molecule has 5 nitrogen and oxygen atoms in total. The third kappa shape index (κ3) is 6.42. The lowest BCUT2D eigenvalue weighted by Crippen LogP contribution is -2.19. The van der Waals surface area contributed by atoms with Crippen LogP contribution in [0.15, 0.2) is 173 Å². The van der Waals surface area contributed by atoms with Crippen LogP contribution in [0.4, 0.5) is 17.1 Å². The Morgan fingerprint density at radius 2 is 1.34 bits per heavy atom. The van der Waals surface area contributed by atoms with E-state index >= 15 is 0 Å². The lowest BCUT2D eigenvalue weighted by molar-refractivity contribution is 0.481. The number of hydrogen-bond acceptors (Lipinski definition) is 3. The third-order valence-electron chi connectivity index (χ3n) is 9.72. The molecule has 1 heterocycles. The van der Waals surface area contributed by atoms with Crippen molar-refractivity contribution in [1.82, 2.24) is 0 Å². The summed E-state index contributed by atoms with van der Waals surface area (Å²) in [6, 6.07) is 54.2. The molecule has 0 aliphatic carbocycles. The molecule has 0 fully saturated rings. The molecule has 0 amide bonds. The van der Waals surface area contributed by atoms with Crippen LogP contribution in [-0.4, -0.2) is 18.4 Å². The molecule has 0 bridgehead atoms. The first kappa shape index (κ1) is 33.5. The Labute approximate surface area is 311 Å². The fourth-order valence-electron chi connectivity index (χ4n) is 7.27. The normalized spacial score (nSPS) is 12.7. The molecular formula is C48H40N4O. The summed E-state index contributed by atoms with van der Waals surface area (Å²) in [6.45, 7) is 11.1. The van der Waals surface area contributed by atoms with Gasteiger partial charge in [-0.1, -0.05) is 147 Å². The number of amidine groups is 2. The number of aryl methyl sites for hydroxylation is 1. The number of para-hydroxylation sites is 2. The van der Waals surface area contributed by atoms with Gasteiger partial charge in [-0.2, -0.15) is 0 Å². The van der Waals surface area contributed by atoms with Gasteiger partial charge in [0.1, 0.15) is 0 Å². The average Bonchev–Trinajstić information content (AvgIpc) is 3.20. The van der Waals surface area contributed by atoms with E-state index in [-0.39, 0.29) is 5.92 Å². The topological polar surface area (TPSA) is 49.5 Å². The summed E-state index contributed by atoms with van der Waals surface area (Å²) in [5.41, 5.74) is 10.7. The van der Waals surface area contributed by atoms with Gasteiger partial charge in [-0.15, -0.1) is 0 Å². The first-order chi connectivity index (χ1) is 26.0. The minimum atomic E-state index is 0.169. The summed E-state index contributed by atoms with van der Waals surface area (Å²) in [4.78, 5) is 16.9. The fourth-order valence-corrected chi connectivity index (χ4v) is 7.27. The minimum absolute atomic E-state index is 0.169. The Morgan fingerprint density at radius 1 is 0.679 bits per heavy atom. The number of rotatable bonds is 7. The van der Waals surface area contributed by atoms with Gasteiger partial charge in [-0.3, -0.25) is 4.99 Å². The summed E-state index contributed by atoms with van der Waals surface area (Å²) in [5.74, 6) is 2.91. The summed E-state index contributed by atoms with van der Waals surface area (Å²) >= 11 is 0. The molecule has 258 valence electrons. The van der Waals surface area contributed by atoms with Gasteiger partial charge in [0, 0.05) is 22.2 Å². The van der Waals surface area contributed by atoms with Gasteiger partial charge in [-0.05, 0) is 77.0 Å². The molecule has 0 saturated heterocycles. The SMILES string of the molecule is C=NC(=NC(=NCc1ccccc1)c1cccc(N2c3ccccc3Oc3c2c(C(C)C)c(-c2ccccc2C)c2ccccc32)c1)c1ccccc1. The number of aliphatic imine (C=N–C) groups is 3. The van der Waals surface area contributed by atoms with E-state index in [9.17, 15) is 0 Å². The van der Waals surface area contributed by atoms with Crippen molar-refractivity contribution < 1.29 is 4.74 Å². The highest BCUT2D eigenvalue weighted by Crippen LogP contribution is 2.58. The van der Waals surface area contributed by atoms with Crippen molar-refractivity contribution in [3.8, 4) is 22.6 Å². The first-order valence-corrected chi connectivity index (χ1v) is 18.0. The molecule has 0 N–H and O–H groups in total. The van der Waals surface area contributed by atoms with Gasteiger partial charge in [0.25, 0.3) is 0 Å². The largest absolute Gasteiger partial charge is 0.452 e. The molecule has 8 rings (SSSR count). The second-order valence-electron chi connectivity index (χ2n) is 13.5. The molecule has 7 aromatic carbocycles. The number of nitrogens with zero attached hydrogens (tertiary/aromatic N) is 4. The first-order valence-electron chi connectivity index (χ1n) is 18.0. The van der Waals surface area contributed by atoms with Crippen LogP contribution in [0.1, 0.15) is 47.6 Å². The van der Waals surface area contributed by atoms with Gasteiger partial charge >= 0.3 is 0 Å². The van der Waals surface area contributed by atoms with E-state index in [1.807, 2.05) is 60.7 Å². The molecule has 0 aromatic heterocycles. The monoisotopic (exact) mass is 688 g/mol. The second kappa shape index (κ2) is 14.6.